The Morgan fingerprint density at radius 3 is 3.05 bits per heavy atom. The van der Waals surface area contributed by atoms with Crippen molar-refractivity contribution >= 4 is 11.6 Å². The highest BCUT2D eigenvalue weighted by atomic mass is 16.5. The molecule has 104 valence electrons. The number of para-hydroxylation sites is 1. The molecule has 1 aromatic rings. The Labute approximate surface area is 114 Å². The van der Waals surface area contributed by atoms with Crippen LogP contribution in [0.15, 0.2) is 18.2 Å². The van der Waals surface area contributed by atoms with E-state index in [9.17, 15) is 4.79 Å². The van der Waals surface area contributed by atoms with Gasteiger partial charge in [-0.3, -0.25) is 4.79 Å². The van der Waals surface area contributed by atoms with Crippen LogP contribution in [-0.4, -0.2) is 36.6 Å². The molecule has 1 fully saturated rings. The first-order chi connectivity index (χ1) is 9.13. The van der Waals surface area contributed by atoms with Crippen molar-refractivity contribution in [2.75, 3.05) is 25.4 Å². The molecule has 19 heavy (non-hydrogen) atoms. The summed E-state index contributed by atoms with van der Waals surface area (Å²) in [7, 11) is 0. The van der Waals surface area contributed by atoms with E-state index in [1.54, 1.807) is 6.07 Å². The smallest absolute Gasteiger partial charge is 0.256 e. The molecule has 4 nitrogen and oxygen atoms in total. The molecular weight excluding hydrogens is 240 g/mol. The maximum atomic E-state index is 12.5. The van der Waals surface area contributed by atoms with Gasteiger partial charge in [-0.2, -0.15) is 0 Å². The summed E-state index contributed by atoms with van der Waals surface area (Å²) in [5.74, 6) is 0.0191. The number of nitrogen functional groups attached to an aromatic ring is 1. The van der Waals surface area contributed by atoms with Crippen LogP contribution in [0.1, 0.15) is 35.7 Å². The zero-order valence-corrected chi connectivity index (χ0v) is 11.7. The Morgan fingerprint density at radius 2 is 2.32 bits per heavy atom. The molecule has 2 rings (SSSR count). The third-order valence-corrected chi connectivity index (χ3v) is 3.62. The number of aryl methyl sites for hydroxylation is 1. The van der Waals surface area contributed by atoms with Crippen molar-refractivity contribution in [1.29, 1.82) is 0 Å². The number of amides is 1. The van der Waals surface area contributed by atoms with Crippen molar-refractivity contribution in [3.05, 3.63) is 29.3 Å². The van der Waals surface area contributed by atoms with Crippen molar-refractivity contribution in [3.8, 4) is 0 Å². The highest BCUT2D eigenvalue weighted by molar-refractivity contribution is 5.99. The lowest BCUT2D eigenvalue weighted by atomic mass is 10.0. The molecule has 4 heteroatoms. The monoisotopic (exact) mass is 262 g/mol. The van der Waals surface area contributed by atoms with Crippen molar-refractivity contribution in [1.82, 2.24) is 4.90 Å². The van der Waals surface area contributed by atoms with E-state index in [1.807, 2.05) is 30.9 Å². The van der Waals surface area contributed by atoms with Crippen LogP contribution in [0.5, 0.6) is 0 Å². The molecule has 1 aromatic carbocycles. The first-order valence-corrected chi connectivity index (χ1v) is 6.89. The minimum Gasteiger partial charge on any atom is -0.398 e. The first kappa shape index (κ1) is 13.9. The van der Waals surface area contributed by atoms with Gasteiger partial charge in [0.2, 0.25) is 0 Å². The standard InChI is InChI=1S/C15H22N2O2/c1-3-19-12-7-5-9-17(10-12)15(18)13-8-4-6-11(2)14(13)16/h4,6,8,12H,3,5,7,9-10,16H2,1-2H3. The largest absolute Gasteiger partial charge is 0.398 e. The van der Waals surface area contributed by atoms with Crippen molar-refractivity contribution in [3.63, 3.8) is 0 Å². The molecule has 0 spiro atoms. The van der Waals surface area contributed by atoms with Gasteiger partial charge in [-0.15, -0.1) is 0 Å². The molecule has 0 radical (unpaired) electrons. The highest BCUT2D eigenvalue weighted by Gasteiger charge is 2.25. The summed E-state index contributed by atoms with van der Waals surface area (Å²) < 4.78 is 5.63. The van der Waals surface area contributed by atoms with Gasteiger partial charge >= 0.3 is 0 Å². The van der Waals surface area contributed by atoms with Crippen LogP contribution < -0.4 is 5.73 Å². The zero-order chi connectivity index (χ0) is 13.8. The summed E-state index contributed by atoms with van der Waals surface area (Å²) in [6.07, 6.45) is 2.18. The Bertz CT molecular complexity index is 457. The van der Waals surface area contributed by atoms with E-state index in [-0.39, 0.29) is 12.0 Å². The fourth-order valence-electron chi connectivity index (χ4n) is 2.53. The second-order valence-electron chi connectivity index (χ2n) is 5.01. The number of nitrogens with zero attached hydrogens (tertiary/aromatic N) is 1. The van der Waals surface area contributed by atoms with Crippen LogP contribution in [0.25, 0.3) is 0 Å². The van der Waals surface area contributed by atoms with Gasteiger partial charge in [-0.1, -0.05) is 12.1 Å². The van der Waals surface area contributed by atoms with E-state index >= 15 is 0 Å². The van der Waals surface area contributed by atoms with Gasteiger partial charge < -0.3 is 15.4 Å². The van der Waals surface area contributed by atoms with Crippen LogP contribution in [0.2, 0.25) is 0 Å². The topological polar surface area (TPSA) is 55.6 Å². The molecule has 2 N–H and O–H groups in total. The van der Waals surface area contributed by atoms with E-state index in [0.29, 0.717) is 24.4 Å². The van der Waals surface area contributed by atoms with Gasteiger partial charge in [-0.25, -0.2) is 0 Å². The van der Waals surface area contributed by atoms with E-state index in [4.69, 9.17) is 10.5 Å². The maximum absolute atomic E-state index is 12.5. The molecule has 0 bridgehead atoms. The number of carbonyl (C=O) groups is 1. The van der Waals surface area contributed by atoms with E-state index in [1.165, 1.54) is 0 Å². The second kappa shape index (κ2) is 6.06. The highest BCUT2D eigenvalue weighted by Crippen LogP contribution is 2.21. The maximum Gasteiger partial charge on any atom is 0.256 e. The first-order valence-electron chi connectivity index (χ1n) is 6.89. The average Bonchev–Trinajstić information content (AvgIpc) is 2.42. The third-order valence-electron chi connectivity index (χ3n) is 3.62. The van der Waals surface area contributed by atoms with Crippen molar-refractivity contribution in [2.24, 2.45) is 0 Å². The minimum atomic E-state index is 0.0191. The Morgan fingerprint density at radius 1 is 1.53 bits per heavy atom. The number of nitrogens with two attached hydrogens (primary N) is 1. The second-order valence-corrected chi connectivity index (χ2v) is 5.01. The van der Waals surface area contributed by atoms with Crippen molar-refractivity contribution < 1.29 is 9.53 Å². The number of anilines is 1. The van der Waals surface area contributed by atoms with E-state index in [0.717, 1.165) is 24.9 Å². The molecule has 1 unspecified atom stereocenters. The number of piperidine rings is 1. The molecule has 1 aliphatic rings. The van der Waals surface area contributed by atoms with Gasteiger partial charge in [0.05, 0.1) is 11.7 Å². The predicted molar refractivity (Wildman–Crippen MR) is 76.1 cm³/mol. The Balaban J connectivity index is 2.12. The van der Waals surface area contributed by atoms with Crippen LogP contribution in [0.3, 0.4) is 0 Å². The number of likely N-dealkylation sites (tertiary alicyclic amines) is 1. The van der Waals surface area contributed by atoms with E-state index in [2.05, 4.69) is 0 Å². The molecule has 1 atom stereocenters. The summed E-state index contributed by atoms with van der Waals surface area (Å²) in [6.45, 7) is 6.06. The number of benzene rings is 1. The average molecular weight is 262 g/mol. The fraction of sp³-hybridized carbons (Fsp3) is 0.533. The SMILES string of the molecule is CCOC1CCCN(C(=O)c2cccc(C)c2N)C1. The fourth-order valence-corrected chi connectivity index (χ4v) is 2.53. The lowest BCUT2D eigenvalue weighted by molar-refractivity contribution is 0.00728. The number of ether oxygens (including phenoxy) is 1. The summed E-state index contributed by atoms with van der Waals surface area (Å²) in [6, 6.07) is 5.60. The van der Waals surface area contributed by atoms with Crippen LogP contribution in [-0.2, 0) is 4.74 Å². The lowest BCUT2D eigenvalue weighted by Crippen LogP contribution is -2.43. The molecule has 0 aliphatic carbocycles. The van der Waals surface area contributed by atoms with Crippen LogP contribution >= 0.6 is 0 Å². The number of hydrogen-bond donors (Lipinski definition) is 1. The van der Waals surface area contributed by atoms with E-state index < -0.39 is 0 Å². The molecule has 0 aromatic heterocycles. The third kappa shape index (κ3) is 3.07. The zero-order valence-electron chi connectivity index (χ0n) is 11.7. The molecule has 1 aliphatic heterocycles. The Kier molecular flexibility index (Phi) is 4.43. The number of carbonyl (C=O) groups excluding carboxylic acids is 1. The Hall–Kier alpha value is -1.55. The van der Waals surface area contributed by atoms with Crippen LogP contribution in [0, 0.1) is 6.92 Å². The summed E-state index contributed by atoms with van der Waals surface area (Å²) in [5.41, 5.74) is 8.15. The lowest BCUT2D eigenvalue weighted by Gasteiger charge is -2.32. The van der Waals surface area contributed by atoms with Gasteiger partial charge in [0.1, 0.15) is 0 Å². The predicted octanol–water partition coefficient (Wildman–Crippen LogP) is 2.22. The van der Waals surface area contributed by atoms with Gasteiger partial charge in [0.15, 0.2) is 0 Å². The quantitative estimate of drug-likeness (QED) is 0.850. The normalized spacial score (nSPS) is 19.5. The number of hydrogen-bond acceptors (Lipinski definition) is 3. The summed E-state index contributed by atoms with van der Waals surface area (Å²) in [5, 5.41) is 0. The molecular formula is C15H22N2O2. The summed E-state index contributed by atoms with van der Waals surface area (Å²) >= 11 is 0. The molecule has 1 amide bonds. The van der Waals surface area contributed by atoms with Crippen molar-refractivity contribution in [2.45, 2.75) is 32.8 Å². The molecule has 0 saturated carbocycles. The van der Waals surface area contributed by atoms with Gasteiger partial charge in [0.25, 0.3) is 5.91 Å². The minimum absolute atomic E-state index is 0.0191. The molecule has 1 saturated heterocycles. The van der Waals surface area contributed by atoms with Gasteiger partial charge in [-0.05, 0) is 38.3 Å². The van der Waals surface area contributed by atoms with Crippen LogP contribution in [0.4, 0.5) is 5.69 Å². The summed E-state index contributed by atoms with van der Waals surface area (Å²) in [4.78, 5) is 14.4. The number of rotatable bonds is 3. The molecule has 1 heterocycles. The van der Waals surface area contributed by atoms with Gasteiger partial charge in [0, 0.05) is 25.4 Å².